The molecule has 6 nitrogen and oxygen atoms in total. The highest BCUT2D eigenvalue weighted by atomic mass is 16.2. The fourth-order valence-electron chi connectivity index (χ4n) is 1.41. The monoisotopic (exact) mass is 253 g/mol. The van der Waals surface area contributed by atoms with E-state index in [0.29, 0.717) is 13.0 Å². The minimum atomic E-state index is -0.366. The number of aromatic nitrogens is 3. The molecule has 0 saturated carbocycles. The van der Waals surface area contributed by atoms with Gasteiger partial charge in [-0.05, 0) is 33.7 Å². The van der Waals surface area contributed by atoms with E-state index in [1.807, 2.05) is 27.7 Å². The lowest BCUT2D eigenvalue weighted by atomic mass is 10.0. The first-order valence-corrected chi connectivity index (χ1v) is 6.32. The molecule has 0 bridgehead atoms. The largest absolute Gasteiger partial charge is 0.349 e. The number of carbonyl (C=O) groups excluding carboxylic acids is 1. The standard InChI is InChI=1S/C12H23N5O/c1-5-12(3,4)14-11(18)9(2)17-8-10(6-7-13)15-16-17/h8-9H,5-7,13H2,1-4H3,(H,14,18). The molecule has 0 fully saturated rings. The van der Waals surface area contributed by atoms with Crippen LogP contribution in [-0.4, -0.2) is 33.0 Å². The van der Waals surface area contributed by atoms with Gasteiger partial charge in [0.05, 0.1) is 5.69 Å². The molecule has 0 saturated heterocycles. The summed E-state index contributed by atoms with van der Waals surface area (Å²) in [5.41, 5.74) is 6.06. The van der Waals surface area contributed by atoms with Gasteiger partial charge in [-0.3, -0.25) is 4.79 Å². The molecule has 0 spiro atoms. The van der Waals surface area contributed by atoms with Crippen LogP contribution in [-0.2, 0) is 11.2 Å². The highest BCUT2D eigenvalue weighted by Crippen LogP contribution is 2.11. The maximum Gasteiger partial charge on any atom is 0.245 e. The normalized spacial score (nSPS) is 13.4. The first-order chi connectivity index (χ1) is 8.39. The van der Waals surface area contributed by atoms with Crippen LogP contribution in [0.5, 0.6) is 0 Å². The SMILES string of the molecule is CCC(C)(C)NC(=O)C(C)n1cc(CCN)nn1. The van der Waals surface area contributed by atoms with Crippen LogP contribution in [0.1, 0.15) is 45.9 Å². The zero-order chi connectivity index (χ0) is 13.8. The first kappa shape index (κ1) is 14.6. The molecule has 0 aromatic carbocycles. The van der Waals surface area contributed by atoms with E-state index in [2.05, 4.69) is 15.6 Å². The Morgan fingerprint density at radius 2 is 2.28 bits per heavy atom. The summed E-state index contributed by atoms with van der Waals surface area (Å²) in [5.74, 6) is -0.0500. The molecule has 1 aromatic rings. The van der Waals surface area contributed by atoms with Crippen molar-refractivity contribution in [3.8, 4) is 0 Å². The number of rotatable bonds is 6. The first-order valence-electron chi connectivity index (χ1n) is 6.32. The molecule has 1 unspecified atom stereocenters. The van der Waals surface area contributed by atoms with Crippen molar-refractivity contribution in [1.82, 2.24) is 20.3 Å². The van der Waals surface area contributed by atoms with Crippen LogP contribution >= 0.6 is 0 Å². The Balaban J connectivity index is 2.68. The number of amides is 1. The molecule has 1 atom stereocenters. The second-order valence-corrected chi connectivity index (χ2v) is 5.13. The minimum absolute atomic E-state index is 0.0500. The Hall–Kier alpha value is -1.43. The zero-order valence-corrected chi connectivity index (χ0v) is 11.6. The van der Waals surface area contributed by atoms with Gasteiger partial charge >= 0.3 is 0 Å². The lowest BCUT2D eigenvalue weighted by molar-refractivity contribution is -0.125. The molecule has 0 aliphatic rings. The smallest absolute Gasteiger partial charge is 0.245 e. The van der Waals surface area contributed by atoms with Gasteiger partial charge in [0.2, 0.25) is 5.91 Å². The van der Waals surface area contributed by atoms with Gasteiger partial charge in [-0.15, -0.1) is 5.10 Å². The van der Waals surface area contributed by atoms with Crippen LogP contribution in [0.4, 0.5) is 0 Å². The third kappa shape index (κ3) is 3.80. The quantitative estimate of drug-likeness (QED) is 0.779. The van der Waals surface area contributed by atoms with Crippen molar-refractivity contribution in [2.24, 2.45) is 5.73 Å². The lowest BCUT2D eigenvalue weighted by Crippen LogP contribution is -2.45. The fourth-order valence-corrected chi connectivity index (χ4v) is 1.41. The third-order valence-corrected chi connectivity index (χ3v) is 3.08. The van der Waals surface area contributed by atoms with Crippen LogP contribution in [0.15, 0.2) is 6.20 Å². The fraction of sp³-hybridized carbons (Fsp3) is 0.750. The molecule has 1 aromatic heterocycles. The number of hydrogen-bond donors (Lipinski definition) is 2. The van der Waals surface area contributed by atoms with Crippen molar-refractivity contribution >= 4 is 5.91 Å². The molecule has 6 heteroatoms. The summed E-state index contributed by atoms with van der Waals surface area (Å²) >= 11 is 0. The second-order valence-electron chi connectivity index (χ2n) is 5.13. The molecule has 0 radical (unpaired) electrons. The molecule has 18 heavy (non-hydrogen) atoms. The lowest BCUT2D eigenvalue weighted by Gasteiger charge is -2.26. The van der Waals surface area contributed by atoms with Gasteiger partial charge in [-0.2, -0.15) is 0 Å². The second kappa shape index (κ2) is 5.95. The van der Waals surface area contributed by atoms with Gasteiger partial charge in [0.25, 0.3) is 0 Å². The summed E-state index contributed by atoms with van der Waals surface area (Å²) in [4.78, 5) is 12.1. The van der Waals surface area contributed by atoms with Crippen LogP contribution in [0.3, 0.4) is 0 Å². The van der Waals surface area contributed by atoms with Crippen LogP contribution in [0.25, 0.3) is 0 Å². The van der Waals surface area contributed by atoms with E-state index in [4.69, 9.17) is 5.73 Å². The summed E-state index contributed by atoms with van der Waals surface area (Å²) in [6.45, 7) is 8.38. The number of hydrogen-bond acceptors (Lipinski definition) is 4. The average Bonchev–Trinajstić information content (AvgIpc) is 2.76. The highest BCUT2D eigenvalue weighted by Gasteiger charge is 2.23. The summed E-state index contributed by atoms with van der Waals surface area (Å²) in [7, 11) is 0. The molecule has 102 valence electrons. The summed E-state index contributed by atoms with van der Waals surface area (Å²) < 4.78 is 1.58. The van der Waals surface area contributed by atoms with E-state index < -0.39 is 0 Å². The van der Waals surface area contributed by atoms with Crippen molar-refractivity contribution < 1.29 is 4.79 Å². The number of nitrogens with one attached hydrogen (secondary N) is 1. The van der Waals surface area contributed by atoms with Gasteiger partial charge in [0, 0.05) is 18.2 Å². The molecule has 0 aliphatic heterocycles. The maximum absolute atomic E-state index is 12.1. The van der Waals surface area contributed by atoms with E-state index in [1.54, 1.807) is 10.9 Å². The summed E-state index contributed by atoms with van der Waals surface area (Å²) in [6, 6.07) is -0.366. The molecular weight excluding hydrogens is 230 g/mol. The Labute approximate surface area is 108 Å². The van der Waals surface area contributed by atoms with Crippen LogP contribution in [0, 0.1) is 0 Å². The minimum Gasteiger partial charge on any atom is -0.349 e. The molecule has 1 rings (SSSR count). The van der Waals surface area contributed by atoms with Crippen LogP contribution < -0.4 is 11.1 Å². The maximum atomic E-state index is 12.1. The van der Waals surface area contributed by atoms with Gasteiger partial charge < -0.3 is 11.1 Å². The van der Waals surface area contributed by atoms with Crippen molar-refractivity contribution in [3.63, 3.8) is 0 Å². The van der Waals surface area contributed by atoms with Crippen molar-refractivity contribution in [2.75, 3.05) is 6.54 Å². The molecular formula is C12H23N5O. The summed E-state index contributed by atoms with van der Waals surface area (Å²) in [5, 5.41) is 10.9. The van der Waals surface area contributed by atoms with Gasteiger partial charge in [-0.1, -0.05) is 12.1 Å². The number of carbonyl (C=O) groups is 1. The third-order valence-electron chi connectivity index (χ3n) is 3.08. The molecule has 1 amide bonds. The zero-order valence-electron chi connectivity index (χ0n) is 11.6. The Bertz CT molecular complexity index is 399. The van der Waals surface area contributed by atoms with Crippen molar-refractivity contribution in [1.29, 1.82) is 0 Å². The Kier molecular flexibility index (Phi) is 4.84. The van der Waals surface area contributed by atoms with E-state index in [-0.39, 0.29) is 17.5 Å². The molecule has 3 N–H and O–H groups in total. The summed E-state index contributed by atoms with van der Waals surface area (Å²) in [6.07, 6.45) is 3.33. The van der Waals surface area contributed by atoms with Crippen LogP contribution in [0.2, 0.25) is 0 Å². The van der Waals surface area contributed by atoms with Gasteiger partial charge in [0.1, 0.15) is 6.04 Å². The van der Waals surface area contributed by atoms with E-state index >= 15 is 0 Å². The predicted molar refractivity (Wildman–Crippen MR) is 70.0 cm³/mol. The predicted octanol–water partition coefficient (Wildman–Crippen LogP) is 0.645. The average molecular weight is 253 g/mol. The van der Waals surface area contributed by atoms with Crippen molar-refractivity contribution in [3.05, 3.63) is 11.9 Å². The van der Waals surface area contributed by atoms with E-state index in [1.165, 1.54) is 0 Å². The molecule has 1 heterocycles. The van der Waals surface area contributed by atoms with E-state index in [0.717, 1.165) is 12.1 Å². The topological polar surface area (TPSA) is 85.8 Å². The molecule has 0 aliphatic carbocycles. The van der Waals surface area contributed by atoms with Gasteiger partial charge in [-0.25, -0.2) is 4.68 Å². The highest BCUT2D eigenvalue weighted by molar-refractivity contribution is 5.80. The number of nitrogens with zero attached hydrogens (tertiary/aromatic N) is 3. The Morgan fingerprint density at radius 3 is 2.83 bits per heavy atom. The van der Waals surface area contributed by atoms with Crippen molar-refractivity contribution in [2.45, 2.75) is 52.1 Å². The van der Waals surface area contributed by atoms with Gasteiger partial charge in [0.15, 0.2) is 0 Å². The Morgan fingerprint density at radius 1 is 1.61 bits per heavy atom. The van der Waals surface area contributed by atoms with E-state index in [9.17, 15) is 4.79 Å². The number of nitrogens with two attached hydrogens (primary N) is 1.